The number of carboxylic acid groups (broad SMARTS) is 1. The van der Waals surface area contributed by atoms with Crippen LogP contribution in [0.15, 0.2) is 41.8 Å². The van der Waals surface area contributed by atoms with Gasteiger partial charge >= 0.3 is 5.97 Å². The molecule has 0 radical (unpaired) electrons. The van der Waals surface area contributed by atoms with Crippen LogP contribution in [0, 0.1) is 0 Å². The number of aromatic amines is 1. The third kappa shape index (κ3) is 3.65. The normalized spacial score (nSPS) is 17.7. The molecule has 0 unspecified atom stereocenters. The fraction of sp³-hybridized carbons (Fsp3) is 0.182. The number of nitrogens with one attached hydrogen (secondary N) is 2. The zero-order valence-corrected chi connectivity index (χ0v) is 19.1. The van der Waals surface area contributed by atoms with Gasteiger partial charge in [0.15, 0.2) is 0 Å². The van der Waals surface area contributed by atoms with E-state index < -0.39 is 5.97 Å². The van der Waals surface area contributed by atoms with Crippen LogP contribution in [-0.2, 0) is 17.6 Å². The summed E-state index contributed by atoms with van der Waals surface area (Å²) in [7, 11) is 0. The van der Waals surface area contributed by atoms with Crippen molar-refractivity contribution in [3.05, 3.63) is 78.4 Å². The van der Waals surface area contributed by atoms with Crippen LogP contribution in [-0.4, -0.2) is 28.0 Å². The van der Waals surface area contributed by atoms with E-state index in [0.717, 1.165) is 26.3 Å². The van der Waals surface area contributed by atoms with Crippen molar-refractivity contribution in [2.45, 2.75) is 24.8 Å². The molecule has 0 saturated heterocycles. The van der Waals surface area contributed by atoms with Crippen LogP contribution < -0.4 is 5.32 Å². The maximum absolute atomic E-state index is 13.1. The van der Waals surface area contributed by atoms with Gasteiger partial charge in [-0.1, -0.05) is 47.5 Å². The summed E-state index contributed by atoms with van der Waals surface area (Å²) in [5.74, 6) is -1.19. The molecule has 0 aliphatic heterocycles. The minimum atomic E-state index is -0.863. The van der Waals surface area contributed by atoms with Crippen molar-refractivity contribution in [1.29, 1.82) is 0 Å². The molecule has 2 atom stereocenters. The van der Waals surface area contributed by atoms with Gasteiger partial charge in [0.25, 0.3) is 5.91 Å². The highest BCUT2D eigenvalue weighted by Gasteiger charge is 2.36. The Balaban J connectivity index is 1.48. The molecule has 158 valence electrons. The summed E-state index contributed by atoms with van der Waals surface area (Å²) in [6.45, 7) is 0. The first kappa shape index (κ1) is 20.6. The van der Waals surface area contributed by atoms with Gasteiger partial charge in [0.2, 0.25) is 0 Å². The maximum atomic E-state index is 13.1. The van der Waals surface area contributed by atoms with E-state index in [2.05, 4.69) is 22.4 Å². The SMILES string of the molecule is O=C(O)Cc1sccc1[C@H]1c2ccccc2C[C@H]1NC(=O)c1cc2sc(Cl)c(Cl)c2[nH]1. The fourth-order valence-corrected chi connectivity index (χ4v) is 6.71. The van der Waals surface area contributed by atoms with Gasteiger partial charge in [0.1, 0.15) is 10.0 Å². The molecule has 31 heavy (non-hydrogen) atoms. The van der Waals surface area contributed by atoms with Crippen LogP contribution in [0.4, 0.5) is 0 Å². The second kappa shape index (κ2) is 7.98. The number of aromatic nitrogens is 1. The number of aliphatic carboxylic acids is 1. The molecular weight excluding hydrogens is 475 g/mol. The second-order valence-electron chi connectivity index (χ2n) is 7.44. The molecule has 3 heterocycles. The molecule has 3 aromatic heterocycles. The quantitative estimate of drug-likeness (QED) is 0.335. The van der Waals surface area contributed by atoms with Gasteiger partial charge in [-0.05, 0) is 40.6 Å². The minimum Gasteiger partial charge on any atom is -0.481 e. The van der Waals surface area contributed by atoms with Crippen molar-refractivity contribution in [2.75, 3.05) is 0 Å². The molecule has 9 heteroatoms. The molecule has 3 N–H and O–H groups in total. The number of fused-ring (bicyclic) bond motifs is 2. The Morgan fingerprint density at radius 3 is 2.77 bits per heavy atom. The number of H-pyrrole nitrogens is 1. The predicted octanol–water partition coefficient (Wildman–Crippen LogP) is 5.71. The van der Waals surface area contributed by atoms with E-state index in [1.165, 1.54) is 22.7 Å². The molecule has 1 aliphatic rings. The van der Waals surface area contributed by atoms with Gasteiger partial charge in [-0.2, -0.15) is 0 Å². The average Bonchev–Trinajstić information content (AvgIpc) is 3.47. The van der Waals surface area contributed by atoms with Crippen molar-refractivity contribution >= 4 is 68.0 Å². The van der Waals surface area contributed by atoms with E-state index in [9.17, 15) is 14.7 Å². The number of benzene rings is 1. The van der Waals surface area contributed by atoms with Crippen molar-refractivity contribution in [2.24, 2.45) is 0 Å². The Morgan fingerprint density at radius 2 is 2.00 bits per heavy atom. The monoisotopic (exact) mass is 490 g/mol. The zero-order chi connectivity index (χ0) is 21.7. The van der Waals surface area contributed by atoms with Crippen LogP contribution in [0.2, 0.25) is 9.36 Å². The third-order valence-electron chi connectivity index (χ3n) is 5.59. The lowest BCUT2D eigenvalue weighted by Gasteiger charge is -2.22. The van der Waals surface area contributed by atoms with Gasteiger partial charge in [0, 0.05) is 16.8 Å². The first-order chi connectivity index (χ1) is 14.9. The van der Waals surface area contributed by atoms with E-state index in [4.69, 9.17) is 23.2 Å². The largest absolute Gasteiger partial charge is 0.481 e. The molecule has 0 saturated carbocycles. The highest BCUT2D eigenvalue weighted by molar-refractivity contribution is 7.23. The Hall–Kier alpha value is -2.32. The summed E-state index contributed by atoms with van der Waals surface area (Å²) >= 11 is 15.0. The van der Waals surface area contributed by atoms with Gasteiger partial charge in [-0.15, -0.1) is 22.7 Å². The Labute approximate surface area is 195 Å². The molecule has 0 fully saturated rings. The van der Waals surface area contributed by atoms with E-state index in [-0.39, 0.29) is 24.3 Å². The molecule has 1 aromatic carbocycles. The van der Waals surface area contributed by atoms with Crippen LogP contribution in [0.1, 0.15) is 38.0 Å². The Morgan fingerprint density at radius 1 is 1.19 bits per heavy atom. The smallest absolute Gasteiger partial charge is 0.308 e. The average molecular weight is 491 g/mol. The number of halogens is 2. The summed E-state index contributed by atoms with van der Waals surface area (Å²) in [5.41, 5.74) is 4.33. The van der Waals surface area contributed by atoms with Gasteiger partial charge in [0.05, 0.1) is 21.7 Å². The lowest BCUT2D eigenvalue weighted by Crippen LogP contribution is -2.38. The van der Waals surface area contributed by atoms with Crippen molar-refractivity contribution in [3.63, 3.8) is 0 Å². The Kier molecular flexibility index (Phi) is 5.30. The summed E-state index contributed by atoms with van der Waals surface area (Å²) in [6, 6.07) is 11.6. The van der Waals surface area contributed by atoms with Gasteiger partial charge < -0.3 is 15.4 Å². The van der Waals surface area contributed by atoms with E-state index >= 15 is 0 Å². The third-order valence-corrected chi connectivity index (χ3v) is 8.46. The maximum Gasteiger partial charge on any atom is 0.308 e. The highest BCUT2D eigenvalue weighted by atomic mass is 35.5. The first-order valence-electron chi connectivity index (χ1n) is 9.55. The number of amides is 1. The first-order valence-corrected chi connectivity index (χ1v) is 12.0. The van der Waals surface area contributed by atoms with Crippen molar-refractivity contribution in [1.82, 2.24) is 10.3 Å². The molecule has 5 nitrogen and oxygen atoms in total. The molecule has 4 aromatic rings. The summed E-state index contributed by atoms with van der Waals surface area (Å²) < 4.78 is 1.32. The minimum absolute atomic E-state index is 0.0293. The fourth-order valence-electron chi connectivity index (χ4n) is 4.31. The van der Waals surface area contributed by atoms with E-state index in [1.807, 2.05) is 23.6 Å². The standard InChI is InChI=1S/C22H16Cl2N2O3S2/c23-19-20-16(31-21(19)24)8-14(25-20)22(29)26-13-7-10-3-1-2-4-11(10)18(13)12-5-6-30-15(12)9-17(27)28/h1-6,8,13,18,25H,7,9H2,(H,26,29)(H,27,28)/t13-,18-/m1/s1. The summed E-state index contributed by atoms with van der Waals surface area (Å²) in [5, 5.41) is 14.8. The molecule has 1 amide bonds. The Bertz CT molecular complexity index is 1320. The molecule has 0 bridgehead atoms. The highest BCUT2D eigenvalue weighted by Crippen LogP contribution is 2.42. The van der Waals surface area contributed by atoms with Crippen LogP contribution in [0.3, 0.4) is 0 Å². The lowest BCUT2D eigenvalue weighted by molar-refractivity contribution is -0.136. The number of hydrogen-bond acceptors (Lipinski definition) is 4. The van der Waals surface area contributed by atoms with E-state index in [0.29, 0.717) is 27.0 Å². The number of hydrogen-bond donors (Lipinski definition) is 3. The molecule has 0 spiro atoms. The summed E-state index contributed by atoms with van der Waals surface area (Å²) in [4.78, 5) is 28.3. The number of carbonyl (C=O) groups excluding carboxylic acids is 1. The molecule has 1 aliphatic carbocycles. The lowest BCUT2D eigenvalue weighted by atomic mass is 9.89. The van der Waals surface area contributed by atoms with E-state index in [1.54, 1.807) is 6.07 Å². The van der Waals surface area contributed by atoms with Crippen molar-refractivity contribution in [3.8, 4) is 0 Å². The number of carbonyl (C=O) groups is 2. The number of carboxylic acids is 1. The molecular formula is C22H16Cl2N2O3S2. The van der Waals surface area contributed by atoms with Crippen molar-refractivity contribution < 1.29 is 14.7 Å². The van der Waals surface area contributed by atoms with Gasteiger partial charge in [-0.25, -0.2) is 0 Å². The van der Waals surface area contributed by atoms with Crippen LogP contribution >= 0.6 is 45.9 Å². The van der Waals surface area contributed by atoms with Crippen LogP contribution in [0.25, 0.3) is 10.2 Å². The predicted molar refractivity (Wildman–Crippen MR) is 125 cm³/mol. The number of rotatable bonds is 5. The number of thiophene rings is 2. The summed E-state index contributed by atoms with van der Waals surface area (Å²) in [6.07, 6.45) is 0.648. The molecule has 5 rings (SSSR count). The topological polar surface area (TPSA) is 82.2 Å². The van der Waals surface area contributed by atoms with Crippen LogP contribution in [0.5, 0.6) is 0 Å². The zero-order valence-electron chi connectivity index (χ0n) is 15.9. The second-order valence-corrected chi connectivity index (χ2v) is 10.5. The van der Waals surface area contributed by atoms with Gasteiger partial charge in [-0.3, -0.25) is 9.59 Å².